The van der Waals surface area contributed by atoms with Crippen LogP contribution in [0, 0.1) is 12.8 Å². The van der Waals surface area contributed by atoms with Gasteiger partial charge in [0, 0.05) is 31.0 Å². The Bertz CT molecular complexity index is 827. The zero-order valence-electron chi connectivity index (χ0n) is 14.3. The fraction of sp³-hybridized carbons (Fsp3) is 0.389. The molecule has 3 amide bonds. The minimum absolute atomic E-state index is 0.0422. The lowest BCUT2D eigenvalue weighted by atomic mass is 9.97. The van der Waals surface area contributed by atoms with Crippen molar-refractivity contribution in [2.75, 3.05) is 13.1 Å². The number of fused-ring (bicyclic) bond motifs is 1. The van der Waals surface area contributed by atoms with Crippen LogP contribution >= 0.6 is 0 Å². The molecule has 0 bridgehead atoms. The molecule has 2 aromatic rings. The van der Waals surface area contributed by atoms with Crippen molar-refractivity contribution < 1.29 is 18.8 Å². The summed E-state index contributed by atoms with van der Waals surface area (Å²) in [6, 6.07) is 7.37. The van der Waals surface area contributed by atoms with Crippen LogP contribution in [-0.2, 0) is 9.59 Å². The zero-order chi connectivity index (χ0) is 18.0. The van der Waals surface area contributed by atoms with E-state index in [9.17, 15) is 14.4 Å². The van der Waals surface area contributed by atoms with Gasteiger partial charge < -0.3 is 9.32 Å². The summed E-state index contributed by atoms with van der Waals surface area (Å²) in [4.78, 5) is 37.7. The zero-order valence-corrected chi connectivity index (χ0v) is 14.3. The molecule has 7 heteroatoms. The summed E-state index contributed by atoms with van der Waals surface area (Å²) in [7, 11) is 0. The maximum Gasteiger partial charge on any atom is 0.305 e. The van der Waals surface area contributed by atoms with E-state index in [1.54, 1.807) is 17.9 Å². The highest BCUT2D eigenvalue weighted by Crippen LogP contribution is 2.24. The molecule has 2 heterocycles. The molecule has 0 aliphatic carbocycles. The van der Waals surface area contributed by atoms with E-state index >= 15 is 0 Å². The number of hydrazine groups is 1. The Morgan fingerprint density at radius 2 is 1.96 bits per heavy atom. The van der Waals surface area contributed by atoms with Crippen LogP contribution in [0.5, 0.6) is 0 Å². The molecule has 2 N–H and O–H groups in total. The first-order chi connectivity index (χ1) is 12.0. The second-order valence-electron chi connectivity index (χ2n) is 6.30. The van der Waals surface area contributed by atoms with Crippen LogP contribution in [0.2, 0.25) is 0 Å². The number of piperidine rings is 1. The van der Waals surface area contributed by atoms with Crippen LogP contribution in [0.4, 0.5) is 0 Å². The first-order valence-electron chi connectivity index (χ1n) is 8.31. The summed E-state index contributed by atoms with van der Waals surface area (Å²) >= 11 is 0. The van der Waals surface area contributed by atoms with Gasteiger partial charge in [0.1, 0.15) is 5.58 Å². The van der Waals surface area contributed by atoms with Crippen molar-refractivity contribution >= 4 is 28.7 Å². The van der Waals surface area contributed by atoms with Gasteiger partial charge >= 0.3 is 5.91 Å². The molecular weight excluding hydrogens is 322 g/mol. The summed E-state index contributed by atoms with van der Waals surface area (Å²) in [6.07, 6.45) is 1.46. The Balaban J connectivity index is 1.62. The maximum atomic E-state index is 12.3. The van der Waals surface area contributed by atoms with Crippen molar-refractivity contribution in [3.05, 3.63) is 35.6 Å². The Morgan fingerprint density at radius 3 is 2.68 bits per heavy atom. The molecule has 1 aliphatic heterocycles. The molecule has 1 atom stereocenters. The number of carbonyl (C=O) groups excluding carboxylic acids is 3. The van der Waals surface area contributed by atoms with Gasteiger partial charge in [-0.2, -0.15) is 0 Å². The fourth-order valence-corrected chi connectivity index (χ4v) is 3.15. The molecule has 0 radical (unpaired) electrons. The lowest BCUT2D eigenvalue weighted by molar-refractivity contribution is -0.134. The number of hydrogen-bond donors (Lipinski definition) is 2. The van der Waals surface area contributed by atoms with Crippen molar-refractivity contribution in [2.24, 2.45) is 5.92 Å². The third kappa shape index (κ3) is 3.50. The molecule has 3 rings (SSSR count). The quantitative estimate of drug-likeness (QED) is 0.813. The largest absolute Gasteiger partial charge is 0.451 e. The van der Waals surface area contributed by atoms with Crippen molar-refractivity contribution in [1.29, 1.82) is 0 Å². The predicted molar refractivity (Wildman–Crippen MR) is 91.5 cm³/mol. The van der Waals surface area contributed by atoms with E-state index in [0.717, 1.165) is 17.4 Å². The number of rotatable bonds is 2. The van der Waals surface area contributed by atoms with Crippen molar-refractivity contribution in [2.45, 2.75) is 26.7 Å². The van der Waals surface area contributed by atoms with Gasteiger partial charge in [-0.15, -0.1) is 0 Å². The number of para-hydroxylation sites is 1. The number of benzene rings is 1. The lowest BCUT2D eigenvalue weighted by Crippen LogP contribution is -2.49. The van der Waals surface area contributed by atoms with Crippen molar-refractivity contribution in [3.63, 3.8) is 0 Å². The molecule has 0 spiro atoms. The topological polar surface area (TPSA) is 91.7 Å². The van der Waals surface area contributed by atoms with E-state index in [1.165, 1.54) is 6.92 Å². The molecule has 1 saturated heterocycles. The molecule has 1 aromatic carbocycles. The summed E-state index contributed by atoms with van der Waals surface area (Å²) in [6.45, 7) is 4.34. The monoisotopic (exact) mass is 343 g/mol. The molecule has 0 saturated carbocycles. The number of likely N-dealkylation sites (tertiary alicyclic amines) is 1. The van der Waals surface area contributed by atoms with Gasteiger partial charge in [-0.1, -0.05) is 18.2 Å². The highest BCUT2D eigenvalue weighted by molar-refractivity contribution is 5.99. The first-order valence-corrected chi connectivity index (χ1v) is 8.31. The van der Waals surface area contributed by atoms with E-state index in [4.69, 9.17) is 4.42 Å². The molecule has 7 nitrogen and oxygen atoms in total. The van der Waals surface area contributed by atoms with Crippen molar-refractivity contribution in [1.82, 2.24) is 15.8 Å². The van der Waals surface area contributed by atoms with E-state index in [1.807, 2.05) is 18.2 Å². The van der Waals surface area contributed by atoms with Crippen molar-refractivity contribution in [3.8, 4) is 0 Å². The molecule has 25 heavy (non-hydrogen) atoms. The molecule has 0 unspecified atom stereocenters. The second-order valence-corrected chi connectivity index (χ2v) is 6.30. The van der Waals surface area contributed by atoms with Gasteiger partial charge in [-0.05, 0) is 25.8 Å². The Hall–Kier alpha value is -2.83. The number of aryl methyl sites for hydroxylation is 1. The Kier molecular flexibility index (Phi) is 4.74. The van der Waals surface area contributed by atoms with Crippen LogP contribution in [-0.4, -0.2) is 35.7 Å². The molecular formula is C18H21N3O4. The van der Waals surface area contributed by atoms with E-state index in [-0.39, 0.29) is 23.5 Å². The minimum atomic E-state index is -0.499. The molecule has 1 aromatic heterocycles. The highest BCUT2D eigenvalue weighted by Gasteiger charge is 2.27. The van der Waals surface area contributed by atoms with Gasteiger partial charge in [0.15, 0.2) is 5.76 Å². The van der Waals surface area contributed by atoms with E-state index in [2.05, 4.69) is 10.9 Å². The SMILES string of the molecule is CC(=O)N1CCC[C@@H](C(=O)NNC(=O)c2oc3ccccc3c2C)C1. The summed E-state index contributed by atoms with van der Waals surface area (Å²) in [5.74, 6) is -0.987. The third-order valence-electron chi connectivity index (χ3n) is 4.59. The normalized spacial score (nSPS) is 17.4. The summed E-state index contributed by atoms with van der Waals surface area (Å²) < 4.78 is 5.57. The lowest BCUT2D eigenvalue weighted by Gasteiger charge is -2.31. The van der Waals surface area contributed by atoms with Gasteiger partial charge in [-0.25, -0.2) is 0 Å². The van der Waals surface area contributed by atoms with Crippen LogP contribution in [0.1, 0.15) is 35.9 Å². The number of nitrogens with zero attached hydrogens (tertiary/aromatic N) is 1. The van der Waals surface area contributed by atoms with Gasteiger partial charge in [0.05, 0.1) is 5.92 Å². The molecule has 1 aliphatic rings. The average molecular weight is 343 g/mol. The van der Waals surface area contributed by atoms with Crippen LogP contribution in [0.25, 0.3) is 11.0 Å². The Labute approximate surface area is 145 Å². The smallest absolute Gasteiger partial charge is 0.305 e. The van der Waals surface area contributed by atoms with Gasteiger partial charge in [-0.3, -0.25) is 25.2 Å². The van der Waals surface area contributed by atoms with Gasteiger partial charge in [0.25, 0.3) is 0 Å². The molecule has 132 valence electrons. The standard InChI is InChI=1S/C18H21N3O4/c1-11-14-7-3-4-8-15(14)25-16(11)18(24)20-19-17(23)13-6-5-9-21(10-13)12(2)22/h3-4,7-8,13H,5-6,9-10H2,1-2H3,(H,19,23)(H,20,24)/t13-/m1/s1. The second kappa shape index (κ2) is 6.96. The van der Waals surface area contributed by atoms with E-state index < -0.39 is 5.91 Å². The maximum absolute atomic E-state index is 12.3. The van der Waals surface area contributed by atoms with E-state index in [0.29, 0.717) is 25.1 Å². The van der Waals surface area contributed by atoms with Crippen LogP contribution in [0.15, 0.2) is 28.7 Å². The number of hydrogen-bond acceptors (Lipinski definition) is 4. The highest BCUT2D eigenvalue weighted by atomic mass is 16.3. The Morgan fingerprint density at radius 1 is 1.20 bits per heavy atom. The summed E-state index contributed by atoms with van der Waals surface area (Å²) in [5, 5.41) is 0.864. The predicted octanol–water partition coefficient (Wildman–Crippen LogP) is 1.76. The molecule has 1 fully saturated rings. The van der Waals surface area contributed by atoms with Crippen LogP contribution in [0.3, 0.4) is 0 Å². The third-order valence-corrected chi connectivity index (χ3v) is 4.59. The average Bonchev–Trinajstić information content (AvgIpc) is 2.96. The number of carbonyl (C=O) groups is 3. The number of amides is 3. The first kappa shape index (κ1) is 17.0. The summed E-state index contributed by atoms with van der Waals surface area (Å²) in [5.41, 5.74) is 6.20. The number of nitrogens with one attached hydrogen (secondary N) is 2. The fourth-order valence-electron chi connectivity index (χ4n) is 3.15. The van der Waals surface area contributed by atoms with Crippen LogP contribution < -0.4 is 10.9 Å². The minimum Gasteiger partial charge on any atom is -0.451 e. The van der Waals surface area contributed by atoms with Gasteiger partial charge in [0.2, 0.25) is 11.8 Å². The number of furan rings is 1.